The first-order chi connectivity index (χ1) is 11.4. The van der Waals surface area contributed by atoms with E-state index >= 15 is 0 Å². The van der Waals surface area contributed by atoms with E-state index in [9.17, 15) is 13.2 Å². The molecule has 0 N–H and O–H groups in total. The molecule has 1 unspecified atom stereocenters. The SMILES string of the molecule is CS(=O)(=O)CCC1CCCCN1C(=O)c1cnc2ccccc2c1. The Bertz CT molecular complexity index is 848. The Balaban J connectivity index is 1.82. The second-order valence-corrected chi connectivity index (χ2v) is 8.74. The van der Waals surface area contributed by atoms with Crippen molar-refractivity contribution in [1.82, 2.24) is 9.88 Å². The summed E-state index contributed by atoms with van der Waals surface area (Å²) in [6.07, 6.45) is 6.23. The molecule has 128 valence electrons. The number of amides is 1. The number of fused-ring (bicyclic) bond motifs is 1. The van der Waals surface area contributed by atoms with Crippen molar-refractivity contribution in [2.45, 2.75) is 31.7 Å². The van der Waals surface area contributed by atoms with Crippen LogP contribution < -0.4 is 0 Å². The normalized spacial score (nSPS) is 18.7. The number of hydrogen-bond donors (Lipinski definition) is 0. The Morgan fingerprint density at radius 1 is 1.29 bits per heavy atom. The summed E-state index contributed by atoms with van der Waals surface area (Å²) in [5.74, 6) is 0.0729. The number of carbonyl (C=O) groups excluding carboxylic acids is 1. The number of piperidine rings is 1. The molecule has 1 aromatic carbocycles. The van der Waals surface area contributed by atoms with E-state index in [1.165, 1.54) is 6.26 Å². The number of nitrogens with zero attached hydrogens (tertiary/aromatic N) is 2. The molecule has 1 fully saturated rings. The fourth-order valence-electron chi connectivity index (χ4n) is 3.27. The van der Waals surface area contributed by atoms with Crippen LogP contribution in [0.5, 0.6) is 0 Å². The fraction of sp³-hybridized carbons (Fsp3) is 0.444. The summed E-state index contributed by atoms with van der Waals surface area (Å²) in [6, 6.07) is 9.56. The van der Waals surface area contributed by atoms with Crippen molar-refractivity contribution in [3.05, 3.63) is 42.1 Å². The third kappa shape index (κ3) is 3.93. The zero-order valence-corrected chi connectivity index (χ0v) is 14.6. The maximum atomic E-state index is 12.9. The van der Waals surface area contributed by atoms with E-state index in [2.05, 4.69) is 4.98 Å². The largest absolute Gasteiger partial charge is 0.336 e. The van der Waals surface area contributed by atoms with Crippen LogP contribution in [0.4, 0.5) is 0 Å². The number of benzene rings is 1. The van der Waals surface area contributed by atoms with Gasteiger partial charge < -0.3 is 4.90 Å². The van der Waals surface area contributed by atoms with Gasteiger partial charge in [0.05, 0.1) is 16.8 Å². The summed E-state index contributed by atoms with van der Waals surface area (Å²) in [5, 5.41) is 0.938. The van der Waals surface area contributed by atoms with Crippen LogP contribution in [0.2, 0.25) is 0 Å². The van der Waals surface area contributed by atoms with Gasteiger partial charge in [0.1, 0.15) is 9.84 Å². The maximum absolute atomic E-state index is 12.9. The summed E-state index contributed by atoms with van der Waals surface area (Å²) in [7, 11) is -3.02. The lowest BCUT2D eigenvalue weighted by atomic mass is 9.99. The van der Waals surface area contributed by atoms with E-state index in [1.807, 2.05) is 35.2 Å². The molecule has 1 amide bonds. The highest BCUT2D eigenvalue weighted by molar-refractivity contribution is 7.90. The number of para-hydroxylation sites is 1. The Labute approximate surface area is 142 Å². The highest BCUT2D eigenvalue weighted by Crippen LogP contribution is 2.23. The van der Waals surface area contributed by atoms with Gasteiger partial charge in [0.25, 0.3) is 5.91 Å². The van der Waals surface area contributed by atoms with Crippen molar-refractivity contribution in [3.63, 3.8) is 0 Å². The molecule has 1 aliphatic heterocycles. The quantitative estimate of drug-likeness (QED) is 0.853. The minimum atomic E-state index is -3.02. The number of rotatable bonds is 4. The molecule has 2 aromatic rings. The number of sulfone groups is 1. The number of pyridine rings is 1. The van der Waals surface area contributed by atoms with Gasteiger partial charge in [-0.15, -0.1) is 0 Å². The first-order valence-electron chi connectivity index (χ1n) is 8.27. The molecule has 1 aromatic heterocycles. The Hall–Kier alpha value is -1.95. The van der Waals surface area contributed by atoms with Gasteiger partial charge in [-0.05, 0) is 37.8 Å². The van der Waals surface area contributed by atoms with Crippen LogP contribution in [0.25, 0.3) is 10.9 Å². The van der Waals surface area contributed by atoms with Crippen LogP contribution >= 0.6 is 0 Å². The first-order valence-corrected chi connectivity index (χ1v) is 10.3. The Kier molecular flexibility index (Phi) is 4.85. The topological polar surface area (TPSA) is 67.3 Å². The van der Waals surface area contributed by atoms with Crippen LogP contribution in [0.1, 0.15) is 36.0 Å². The predicted molar refractivity (Wildman–Crippen MR) is 94.7 cm³/mol. The van der Waals surface area contributed by atoms with Gasteiger partial charge in [-0.3, -0.25) is 9.78 Å². The molecule has 6 heteroatoms. The lowest BCUT2D eigenvalue weighted by Gasteiger charge is -2.35. The van der Waals surface area contributed by atoms with E-state index in [4.69, 9.17) is 0 Å². The third-order valence-electron chi connectivity index (χ3n) is 4.55. The molecule has 24 heavy (non-hydrogen) atoms. The van der Waals surface area contributed by atoms with Crippen LogP contribution in [-0.2, 0) is 9.84 Å². The Morgan fingerprint density at radius 3 is 2.88 bits per heavy atom. The second kappa shape index (κ2) is 6.89. The zero-order chi connectivity index (χ0) is 17.2. The van der Waals surface area contributed by atoms with Crippen LogP contribution in [0.15, 0.2) is 36.5 Å². The molecular formula is C18H22N2O3S. The lowest BCUT2D eigenvalue weighted by Crippen LogP contribution is -2.44. The highest BCUT2D eigenvalue weighted by Gasteiger charge is 2.28. The van der Waals surface area contributed by atoms with Gasteiger partial charge in [-0.1, -0.05) is 18.2 Å². The summed E-state index contributed by atoms with van der Waals surface area (Å²) in [4.78, 5) is 19.1. The van der Waals surface area contributed by atoms with E-state index in [1.54, 1.807) is 6.20 Å². The summed E-state index contributed by atoms with van der Waals surface area (Å²) < 4.78 is 22.9. The van der Waals surface area contributed by atoms with Crippen molar-refractivity contribution in [2.24, 2.45) is 0 Å². The van der Waals surface area contributed by atoms with Crippen molar-refractivity contribution < 1.29 is 13.2 Å². The van der Waals surface area contributed by atoms with Crippen molar-refractivity contribution in [2.75, 3.05) is 18.6 Å². The molecule has 1 saturated heterocycles. The molecule has 0 saturated carbocycles. The van der Waals surface area contributed by atoms with Crippen LogP contribution in [0.3, 0.4) is 0 Å². The van der Waals surface area contributed by atoms with Gasteiger partial charge in [-0.25, -0.2) is 8.42 Å². The van der Waals surface area contributed by atoms with Gasteiger partial charge in [0, 0.05) is 30.4 Å². The van der Waals surface area contributed by atoms with E-state index in [0.717, 1.165) is 30.2 Å². The van der Waals surface area contributed by atoms with Gasteiger partial charge >= 0.3 is 0 Å². The fourth-order valence-corrected chi connectivity index (χ4v) is 3.97. The standard InChI is InChI=1S/C18H22N2O3S/c1-24(22,23)11-9-16-7-4-5-10-20(16)18(21)15-12-14-6-2-3-8-17(14)19-13-15/h2-3,6,8,12-13,16H,4-5,7,9-11H2,1H3. The lowest BCUT2D eigenvalue weighted by molar-refractivity contribution is 0.0608. The molecule has 2 heterocycles. The van der Waals surface area contributed by atoms with Gasteiger partial charge in [-0.2, -0.15) is 0 Å². The highest BCUT2D eigenvalue weighted by atomic mass is 32.2. The second-order valence-electron chi connectivity index (χ2n) is 6.48. The number of carbonyl (C=O) groups is 1. The molecule has 0 aliphatic carbocycles. The maximum Gasteiger partial charge on any atom is 0.255 e. The van der Waals surface area contributed by atoms with Crippen molar-refractivity contribution >= 4 is 26.6 Å². The molecule has 0 bridgehead atoms. The smallest absolute Gasteiger partial charge is 0.255 e. The summed E-state index contributed by atoms with van der Waals surface area (Å²) in [6.45, 7) is 0.681. The van der Waals surface area contributed by atoms with Gasteiger partial charge in [0.2, 0.25) is 0 Å². The molecule has 1 aliphatic rings. The third-order valence-corrected chi connectivity index (χ3v) is 5.52. The average molecular weight is 346 g/mol. The minimum absolute atomic E-state index is 0.00700. The minimum Gasteiger partial charge on any atom is -0.336 e. The molecule has 0 spiro atoms. The van der Waals surface area contributed by atoms with Crippen molar-refractivity contribution in [1.29, 1.82) is 0 Å². The van der Waals surface area contributed by atoms with E-state index < -0.39 is 9.84 Å². The van der Waals surface area contributed by atoms with Crippen LogP contribution in [0, 0.1) is 0 Å². The van der Waals surface area contributed by atoms with Gasteiger partial charge in [0.15, 0.2) is 0 Å². The number of likely N-dealkylation sites (tertiary alicyclic amines) is 1. The molecular weight excluding hydrogens is 324 g/mol. The number of aromatic nitrogens is 1. The number of hydrogen-bond acceptors (Lipinski definition) is 4. The molecule has 1 atom stereocenters. The first kappa shape index (κ1) is 16.9. The monoisotopic (exact) mass is 346 g/mol. The van der Waals surface area contributed by atoms with E-state index in [0.29, 0.717) is 18.5 Å². The van der Waals surface area contributed by atoms with Crippen LogP contribution in [-0.4, -0.2) is 48.8 Å². The summed E-state index contributed by atoms with van der Waals surface area (Å²) >= 11 is 0. The molecule has 3 rings (SSSR count). The molecule has 5 nitrogen and oxygen atoms in total. The van der Waals surface area contributed by atoms with E-state index in [-0.39, 0.29) is 17.7 Å². The predicted octanol–water partition coefficient (Wildman–Crippen LogP) is 2.66. The summed E-state index contributed by atoms with van der Waals surface area (Å²) in [5.41, 5.74) is 1.43. The molecule has 0 radical (unpaired) electrons. The zero-order valence-electron chi connectivity index (χ0n) is 13.8. The Morgan fingerprint density at radius 2 is 2.08 bits per heavy atom. The van der Waals surface area contributed by atoms with Crippen molar-refractivity contribution in [3.8, 4) is 0 Å². The average Bonchev–Trinajstić information content (AvgIpc) is 2.58.